The first-order valence-electron chi connectivity index (χ1n) is 3.67. The molecule has 4 nitrogen and oxygen atoms in total. The van der Waals surface area contributed by atoms with Crippen LogP contribution in [0.25, 0.3) is 0 Å². The van der Waals surface area contributed by atoms with Crippen molar-refractivity contribution in [2.75, 3.05) is 6.54 Å². The Hall–Kier alpha value is -1.06. The van der Waals surface area contributed by atoms with Gasteiger partial charge in [0.1, 0.15) is 0 Å². The molecule has 1 fully saturated rings. The lowest BCUT2D eigenvalue weighted by atomic mass is 10.00. The number of rotatable bonds is 0. The molecule has 0 aromatic heterocycles. The number of carbonyl (C=O) groups is 2. The summed E-state index contributed by atoms with van der Waals surface area (Å²) in [5.74, 6) is -0.386. The van der Waals surface area contributed by atoms with E-state index >= 15 is 0 Å². The molecule has 11 heavy (non-hydrogen) atoms. The Labute approximate surface area is 64.8 Å². The molecule has 0 radical (unpaired) electrons. The SMILES string of the molecule is CC1CCCN(C(=O)O)C1=O. The maximum Gasteiger partial charge on any atom is 0.414 e. The van der Waals surface area contributed by atoms with Crippen LogP contribution in [0.5, 0.6) is 0 Å². The second-order valence-electron chi connectivity index (χ2n) is 2.82. The molecule has 1 saturated heterocycles. The fourth-order valence-corrected chi connectivity index (χ4v) is 1.25. The summed E-state index contributed by atoms with van der Waals surface area (Å²) in [6.07, 6.45) is 0.475. The van der Waals surface area contributed by atoms with Crippen molar-refractivity contribution < 1.29 is 14.7 Å². The molecule has 0 aromatic carbocycles. The number of imide groups is 1. The lowest BCUT2D eigenvalue weighted by Crippen LogP contribution is -2.43. The molecule has 2 amide bonds. The van der Waals surface area contributed by atoms with Gasteiger partial charge in [0.25, 0.3) is 0 Å². The summed E-state index contributed by atoms with van der Waals surface area (Å²) >= 11 is 0. The first-order chi connectivity index (χ1) is 5.13. The van der Waals surface area contributed by atoms with Crippen molar-refractivity contribution in [2.24, 2.45) is 5.92 Å². The van der Waals surface area contributed by atoms with E-state index < -0.39 is 6.09 Å². The van der Waals surface area contributed by atoms with Crippen molar-refractivity contribution >= 4 is 12.0 Å². The van der Waals surface area contributed by atoms with E-state index in [4.69, 9.17) is 5.11 Å². The highest BCUT2D eigenvalue weighted by atomic mass is 16.4. The summed E-state index contributed by atoms with van der Waals surface area (Å²) in [6, 6.07) is 0. The molecule has 0 bridgehead atoms. The van der Waals surface area contributed by atoms with Gasteiger partial charge in [0.2, 0.25) is 5.91 Å². The molecule has 1 unspecified atom stereocenters. The Balaban J connectivity index is 2.66. The van der Waals surface area contributed by atoms with Crippen LogP contribution in [0.1, 0.15) is 19.8 Å². The van der Waals surface area contributed by atoms with Crippen LogP contribution in [-0.4, -0.2) is 28.6 Å². The third-order valence-electron chi connectivity index (χ3n) is 1.94. The standard InChI is InChI=1S/C7H11NO3/c1-5-3-2-4-8(6(5)9)7(10)11/h5H,2-4H2,1H3,(H,10,11). The number of carbonyl (C=O) groups excluding carboxylic acids is 1. The molecule has 62 valence electrons. The van der Waals surface area contributed by atoms with Crippen molar-refractivity contribution in [3.63, 3.8) is 0 Å². The fraction of sp³-hybridized carbons (Fsp3) is 0.714. The Morgan fingerprint density at radius 2 is 2.36 bits per heavy atom. The van der Waals surface area contributed by atoms with E-state index in [1.807, 2.05) is 0 Å². The van der Waals surface area contributed by atoms with E-state index in [2.05, 4.69) is 0 Å². The van der Waals surface area contributed by atoms with Gasteiger partial charge in [-0.25, -0.2) is 9.69 Å². The van der Waals surface area contributed by atoms with Gasteiger partial charge in [0.15, 0.2) is 0 Å². The largest absolute Gasteiger partial charge is 0.465 e. The van der Waals surface area contributed by atoms with Gasteiger partial charge in [-0.2, -0.15) is 0 Å². The van der Waals surface area contributed by atoms with Gasteiger partial charge < -0.3 is 5.11 Å². The lowest BCUT2D eigenvalue weighted by molar-refractivity contribution is -0.135. The van der Waals surface area contributed by atoms with Crippen molar-refractivity contribution in [2.45, 2.75) is 19.8 Å². The molecule has 1 N–H and O–H groups in total. The Kier molecular flexibility index (Phi) is 2.12. The van der Waals surface area contributed by atoms with Crippen LogP contribution >= 0.6 is 0 Å². The van der Waals surface area contributed by atoms with Crippen LogP contribution in [-0.2, 0) is 4.79 Å². The van der Waals surface area contributed by atoms with Gasteiger partial charge in [-0.1, -0.05) is 6.92 Å². The summed E-state index contributed by atoms with van der Waals surface area (Å²) in [5, 5.41) is 8.53. The Morgan fingerprint density at radius 1 is 1.73 bits per heavy atom. The average molecular weight is 157 g/mol. The molecule has 0 aromatic rings. The molecule has 1 aliphatic rings. The molecule has 0 aliphatic carbocycles. The minimum atomic E-state index is -1.12. The predicted octanol–water partition coefficient (Wildman–Crippen LogP) is 0.923. The summed E-state index contributed by atoms with van der Waals surface area (Å²) in [4.78, 5) is 22.4. The van der Waals surface area contributed by atoms with E-state index in [0.717, 1.165) is 17.7 Å². The second kappa shape index (κ2) is 2.90. The van der Waals surface area contributed by atoms with Gasteiger partial charge in [0, 0.05) is 12.5 Å². The van der Waals surface area contributed by atoms with E-state index in [1.54, 1.807) is 6.92 Å². The molecule has 1 rings (SSSR count). The first kappa shape index (κ1) is 8.04. The minimum absolute atomic E-state index is 0.125. The highest BCUT2D eigenvalue weighted by molar-refractivity contribution is 5.92. The molecule has 1 atom stereocenters. The molecular formula is C7H11NO3. The van der Waals surface area contributed by atoms with Crippen LogP contribution in [0.4, 0.5) is 4.79 Å². The Bertz CT molecular complexity index is 190. The minimum Gasteiger partial charge on any atom is -0.465 e. The summed E-state index contributed by atoms with van der Waals surface area (Å²) < 4.78 is 0. The molecule has 0 saturated carbocycles. The van der Waals surface area contributed by atoms with E-state index in [1.165, 1.54) is 0 Å². The highest BCUT2D eigenvalue weighted by Crippen LogP contribution is 2.16. The van der Waals surface area contributed by atoms with Crippen molar-refractivity contribution in [3.05, 3.63) is 0 Å². The van der Waals surface area contributed by atoms with E-state index in [9.17, 15) is 9.59 Å². The lowest BCUT2D eigenvalue weighted by Gasteiger charge is -2.26. The number of likely N-dealkylation sites (tertiary alicyclic amines) is 1. The van der Waals surface area contributed by atoms with Gasteiger partial charge in [-0.05, 0) is 12.8 Å². The molecule has 1 heterocycles. The molecule has 4 heteroatoms. The van der Waals surface area contributed by atoms with E-state index in [0.29, 0.717) is 6.54 Å². The molecule has 0 spiro atoms. The monoisotopic (exact) mass is 157 g/mol. The average Bonchev–Trinajstić information content (AvgIpc) is 1.94. The number of amides is 2. The fourth-order valence-electron chi connectivity index (χ4n) is 1.25. The third-order valence-corrected chi connectivity index (χ3v) is 1.94. The number of carboxylic acid groups (broad SMARTS) is 1. The maximum absolute atomic E-state index is 11.1. The quantitative estimate of drug-likeness (QED) is 0.568. The Morgan fingerprint density at radius 3 is 2.82 bits per heavy atom. The first-order valence-corrected chi connectivity index (χ1v) is 3.67. The summed E-state index contributed by atoms with van der Waals surface area (Å²) in [7, 11) is 0. The number of nitrogens with zero attached hydrogens (tertiary/aromatic N) is 1. The topological polar surface area (TPSA) is 57.6 Å². The smallest absolute Gasteiger partial charge is 0.414 e. The van der Waals surface area contributed by atoms with Gasteiger partial charge >= 0.3 is 6.09 Å². The second-order valence-corrected chi connectivity index (χ2v) is 2.82. The zero-order chi connectivity index (χ0) is 8.43. The normalized spacial score (nSPS) is 25.4. The molecule has 1 aliphatic heterocycles. The van der Waals surface area contributed by atoms with E-state index in [-0.39, 0.29) is 11.8 Å². The number of hydrogen-bond acceptors (Lipinski definition) is 2. The third kappa shape index (κ3) is 1.50. The zero-order valence-electron chi connectivity index (χ0n) is 6.41. The van der Waals surface area contributed by atoms with Crippen LogP contribution < -0.4 is 0 Å². The van der Waals surface area contributed by atoms with Crippen LogP contribution in [0.15, 0.2) is 0 Å². The van der Waals surface area contributed by atoms with Crippen LogP contribution in [0.2, 0.25) is 0 Å². The summed E-state index contributed by atoms with van der Waals surface area (Å²) in [5.41, 5.74) is 0. The van der Waals surface area contributed by atoms with Gasteiger partial charge in [-0.15, -0.1) is 0 Å². The van der Waals surface area contributed by atoms with Gasteiger partial charge in [-0.3, -0.25) is 4.79 Å². The van der Waals surface area contributed by atoms with Crippen molar-refractivity contribution in [3.8, 4) is 0 Å². The van der Waals surface area contributed by atoms with Crippen molar-refractivity contribution in [1.82, 2.24) is 4.90 Å². The highest BCUT2D eigenvalue weighted by Gasteiger charge is 2.29. The van der Waals surface area contributed by atoms with Crippen LogP contribution in [0, 0.1) is 5.92 Å². The van der Waals surface area contributed by atoms with Crippen molar-refractivity contribution in [1.29, 1.82) is 0 Å². The zero-order valence-corrected chi connectivity index (χ0v) is 6.41. The maximum atomic E-state index is 11.1. The summed E-state index contributed by atoms with van der Waals surface area (Å²) in [6.45, 7) is 2.12. The predicted molar refractivity (Wildman–Crippen MR) is 38.1 cm³/mol. The van der Waals surface area contributed by atoms with Gasteiger partial charge in [0.05, 0.1) is 0 Å². The number of hydrogen-bond donors (Lipinski definition) is 1. The van der Waals surface area contributed by atoms with Crippen LogP contribution in [0.3, 0.4) is 0 Å². The molecular weight excluding hydrogens is 146 g/mol. The number of piperidine rings is 1.